The van der Waals surface area contributed by atoms with Gasteiger partial charge in [0.25, 0.3) is 0 Å². The maximum atomic E-state index is 11.7. The van der Waals surface area contributed by atoms with Crippen molar-refractivity contribution in [2.75, 3.05) is 26.8 Å². The van der Waals surface area contributed by atoms with E-state index in [4.69, 9.17) is 15.2 Å². The zero-order valence-corrected chi connectivity index (χ0v) is 12.8. The van der Waals surface area contributed by atoms with Crippen molar-refractivity contribution in [2.24, 2.45) is 5.73 Å². The van der Waals surface area contributed by atoms with Crippen LogP contribution in [0.3, 0.4) is 0 Å². The number of amides is 2. The number of rotatable bonds is 2. The highest BCUT2D eigenvalue weighted by Crippen LogP contribution is 2.27. The summed E-state index contributed by atoms with van der Waals surface area (Å²) in [6.45, 7) is 1.08. The van der Waals surface area contributed by atoms with E-state index in [1.54, 1.807) is 7.11 Å². The van der Waals surface area contributed by atoms with Crippen molar-refractivity contribution in [1.82, 2.24) is 4.90 Å². The van der Waals surface area contributed by atoms with Gasteiger partial charge in [-0.1, -0.05) is 18.2 Å². The van der Waals surface area contributed by atoms with Gasteiger partial charge in [-0.05, 0) is 34.5 Å². The second-order valence-electron chi connectivity index (χ2n) is 5.45. The molecule has 0 radical (unpaired) electrons. The SMILES string of the molecule is COc1ccc2cc([C@@H]3CN(C(=O)C(N)=O)CCO3)ccc2c1. The Morgan fingerprint density at radius 2 is 1.96 bits per heavy atom. The molecule has 1 aliphatic heterocycles. The summed E-state index contributed by atoms with van der Waals surface area (Å²) in [4.78, 5) is 24.2. The molecule has 6 heteroatoms. The van der Waals surface area contributed by atoms with E-state index in [1.807, 2.05) is 36.4 Å². The van der Waals surface area contributed by atoms with E-state index in [2.05, 4.69) is 0 Å². The average molecular weight is 314 g/mol. The zero-order valence-electron chi connectivity index (χ0n) is 12.8. The number of carbonyl (C=O) groups is 2. The van der Waals surface area contributed by atoms with Crippen LogP contribution in [-0.2, 0) is 14.3 Å². The van der Waals surface area contributed by atoms with E-state index in [9.17, 15) is 9.59 Å². The van der Waals surface area contributed by atoms with Crippen LogP contribution in [-0.4, -0.2) is 43.5 Å². The second-order valence-corrected chi connectivity index (χ2v) is 5.45. The number of morpholine rings is 1. The molecule has 2 aromatic carbocycles. The van der Waals surface area contributed by atoms with Crippen molar-refractivity contribution >= 4 is 22.6 Å². The summed E-state index contributed by atoms with van der Waals surface area (Å²) in [7, 11) is 1.63. The smallest absolute Gasteiger partial charge is 0.311 e. The summed E-state index contributed by atoms with van der Waals surface area (Å²) in [5.74, 6) is -0.794. The standard InChI is InChI=1S/C17H18N2O4/c1-22-14-5-4-11-8-13(3-2-12(11)9-14)15-10-19(6-7-23-15)17(21)16(18)20/h2-5,8-9,15H,6-7,10H2,1H3,(H2,18,20)/t15-/m0/s1. The van der Waals surface area contributed by atoms with Crippen molar-refractivity contribution in [1.29, 1.82) is 0 Å². The molecule has 1 atom stereocenters. The lowest BCUT2D eigenvalue weighted by Crippen LogP contribution is -2.47. The monoisotopic (exact) mass is 314 g/mol. The molecular weight excluding hydrogens is 296 g/mol. The number of primary amides is 1. The Kier molecular flexibility index (Phi) is 4.16. The van der Waals surface area contributed by atoms with Crippen LogP contribution >= 0.6 is 0 Å². The summed E-state index contributed by atoms with van der Waals surface area (Å²) in [5.41, 5.74) is 6.03. The van der Waals surface area contributed by atoms with Gasteiger partial charge in [-0.3, -0.25) is 9.59 Å². The minimum absolute atomic E-state index is 0.265. The lowest BCUT2D eigenvalue weighted by atomic mass is 10.0. The van der Waals surface area contributed by atoms with E-state index < -0.39 is 11.8 Å². The fourth-order valence-corrected chi connectivity index (χ4v) is 2.76. The number of methoxy groups -OCH3 is 1. The maximum absolute atomic E-state index is 11.7. The Bertz CT molecular complexity index is 759. The van der Waals surface area contributed by atoms with Crippen LogP contribution in [0.2, 0.25) is 0 Å². The van der Waals surface area contributed by atoms with Gasteiger partial charge in [0.05, 0.1) is 20.3 Å². The molecule has 0 aromatic heterocycles. The molecule has 3 rings (SSSR count). The molecule has 2 amide bonds. The molecule has 0 saturated carbocycles. The normalized spacial score (nSPS) is 18.0. The molecule has 2 aromatic rings. The van der Waals surface area contributed by atoms with Crippen molar-refractivity contribution in [2.45, 2.75) is 6.10 Å². The molecule has 1 heterocycles. The summed E-state index contributed by atoms with van der Waals surface area (Å²) >= 11 is 0. The van der Waals surface area contributed by atoms with Crippen molar-refractivity contribution in [3.05, 3.63) is 42.0 Å². The molecule has 1 aliphatic rings. The van der Waals surface area contributed by atoms with Gasteiger partial charge in [0.1, 0.15) is 11.9 Å². The summed E-state index contributed by atoms with van der Waals surface area (Å²) < 4.78 is 11.0. The number of benzene rings is 2. The maximum Gasteiger partial charge on any atom is 0.311 e. The second kappa shape index (κ2) is 6.26. The van der Waals surface area contributed by atoms with Gasteiger partial charge in [-0.2, -0.15) is 0 Å². The molecular formula is C17H18N2O4. The largest absolute Gasteiger partial charge is 0.497 e. The molecule has 0 aliphatic carbocycles. The van der Waals surface area contributed by atoms with Gasteiger partial charge in [-0.25, -0.2) is 0 Å². The van der Waals surface area contributed by atoms with Crippen LogP contribution in [0.1, 0.15) is 11.7 Å². The summed E-state index contributed by atoms with van der Waals surface area (Å²) in [6.07, 6.45) is -0.265. The first kappa shape index (κ1) is 15.3. The van der Waals surface area contributed by atoms with Crippen molar-refractivity contribution in [3.8, 4) is 5.75 Å². The van der Waals surface area contributed by atoms with E-state index in [0.717, 1.165) is 22.1 Å². The lowest BCUT2D eigenvalue weighted by Gasteiger charge is -2.32. The molecule has 1 fully saturated rings. The Labute approximate surface area is 133 Å². The van der Waals surface area contributed by atoms with Gasteiger partial charge < -0.3 is 20.1 Å². The van der Waals surface area contributed by atoms with Gasteiger partial charge in [0.15, 0.2) is 0 Å². The van der Waals surface area contributed by atoms with Crippen LogP contribution in [0.4, 0.5) is 0 Å². The number of hydrogen-bond donors (Lipinski definition) is 1. The lowest BCUT2D eigenvalue weighted by molar-refractivity contribution is -0.149. The predicted molar refractivity (Wildman–Crippen MR) is 85.0 cm³/mol. The summed E-state index contributed by atoms with van der Waals surface area (Å²) in [5, 5.41) is 2.12. The van der Waals surface area contributed by atoms with Gasteiger partial charge in [0, 0.05) is 6.54 Å². The number of nitrogens with zero attached hydrogens (tertiary/aromatic N) is 1. The van der Waals surface area contributed by atoms with Crippen LogP contribution in [0.25, 0.3) is 10.8 Å². The van der Waals surface area contributed by atoms with Crippen molar-refractivity contribution in [3.63, 3.8) is 0 Å². The Hall–Kier alpha value is -2.60. The van der Waals surface area contributed by atoms with E-state index >= 15 is 0 Å². The number of carbonyl (C=O) groups excluding carboxylic acids is 2. The predicted octanol–water partition coefficient (Wildman–Crippen LogP) is 1.23. The third-order valence-corrected chi connectivity index (χ3v) is 4.01. The topological polar surface area (TPSA) is 81.9 Å². The highest BCUT2D eigenvalue weighted by Gasteiger charge is 2.27. The van der Waals surface area contributed by atoms with Crippen LogP contribution in [0.5, 0.6) is 5.75 Å². The molecule has 120 valence electrons. The first-order valence-electron chi connectivity index (χ1n) is 7.36. The number of hydrogen-bond acceptors (Lipinski definition) is 4. The molecule has 23 heavy (non-hydrogen) atoms. The zero-order chi connectivity index (χ0) is 16.4. The molecule has 0 bridgehead atoms. The molecule has 2 N–H and O–H groups in total. The van der Waals surface area contributed by atoms with E-state index in [1.165, 1.54) is 4.90 Å². The minimum Gasteiger partial charge on any atom is -0.497 e. The van der Waals surface area contributed by atoms with Crippen LogP contribution in [0, 0.1) is 0 Å². The number of ether oxygens (including phenoxy) is 2. The van der Waals surface area contributed by atoms with E-state index in [0.29, 0.717) is 19.7 Å². The Morgan fingerprint density at radius 3 is 2.70 bits per heavy atom. The third kappa shape index (κ3) is 3.12. The van der Waals surface area contributed by atoms with E-state index in [-0.39, 0.29) is 6.10 Å². The van der Waals surface area contributed by atoms with Gasteiger partial charge >= 0.3 is 11.8 Å². The number of fused-ring (bicyclic) bond motifs is 1. The number of nitrogens with two attached hydrogens (primary N) is 1. The van der Waals surface area contributed by atoms with Crippen LogP contribution in [0.15, 0.2) is 36.4 Å². The average Bonchev–Trinajstić information content (AvgIpc) is 2.60. The first-order valence-corrected chi connectivity index (χ1v) is 7.36. The molecule has 1 saturated heterocycles. The quantitative estimate of drug-likeness (QED) is 0.845. The van der Waals surface area contributed by atoms with Gasteiger partial charge in [-0.15, -0.1) is 0 Å². The Balaban J connectivity index is 1.84. The molecule has 6 nitrogen and oxygen atoms in total. The minimum atomic E-state index is -0.934. The molecule has 0 unspecified atom stereocenters. The highest BCUT2D eigenvalue weighted by molar-refractivity contribution is 6.34. The van der Waals surface area contributed by atoms with Gasteiger partial charge in [0.2, 0.25) is 0 Å². The highest BCUT2D eigenvalue weighted by atomic mass is 16.5. The van der Waals surface area contributed by atoms with Crippen LogP contribution < -0.4 is 10.5 Å². The summed E-state index contributed by atoms with van der Waals surface area (Å²) in [6, 6.07) is 11.8. The molecule has 0 spiro atoms. The fraction of sp³-hybridized carbons (Fsp3) is 0.294. The fourth-order valence-electron chi connectivity index (χ4n) is 2.76. The third-order valence-electron chi connectivity index (χ3n) is 4.01. The van der Waals surface area contributed by atoms with Crippen molar-refractivity contribution < 1.29 is 19.1 Å². The Morgan fingerprint density at radius 1 is 1.22 bits per heavy atom. The first-order chi connectivity index (χ1) is 11.1.